The molecule has 5 heteroatoms. The lowest BCUT2D eigenvalue weighted by Crippen LogP contribution is -2.36. The molecule has 4 nitrogen and oxygen atoms in total. The number of nitrogens with zero attached hydrogens (tertiary/aromatic N) is 1. The first kappa shape index (κ1) is 25.0. The van der Waals surface area contributed by atoms with Gasteiger partial charge in [0.05, 0.1) is 16.7 Å². The Hall–Kier alpha value is -3.31. The SMILES string of the molecule is CCCCc1oc(-c2ccccc2)c2c1C[C@@H](C)[C@@H]1c3ccccc3N(CCS(=O)(=O)c3ccccc3)[C@H]21. The van der Waals surface area contributed by atoms with Crippen molar-refractivity contribution < 1.29 is 12.8 Å². The van der Waals surface area contributed by atoms with E-state index in [0.29, 0.717) is 17.4 Å². The Bertz CT molecular complexity index is 1530. The van der Waals surface area contributed by atoms with Gasteiger partial charge in [-0.15, -0.1) is 0 Å². The Morgan fingerprint density at radius 1 is 0.921 bits per heavy atom. The molecular formula is C33H35NO3S. The van der Waals surface area contributed by atoms with Crippen LogP contribution < -0.4 is 4.90 Å². The van der Waals surface area contributed by atoms with Crippen molar-refractivity contribution in [3.8, 4) is 11.3 Å². The van der Waals surface area contributed by atoms with Crippen LogP contribution in [0.4, 0.5) is 5.69 Å². The predicted octanol–water partition coefficient (Wildman–Crippen LogP) is 7.60. The zero-order valence-corrected chi connectivity index (χ0v) is 23.0. The van der Waals surface area contributed by atoms with E-state index in [1.807, 2.05) is 12.1 Å². The van der Waals surface area contributed by atoms with Gasteiger partial charge >= 0.3 is 0 Å². The molecule has 38 heavy (non-hydrogen) atoms. The lowest BCUT2D eigenvalue weighted by Gasteiger charge is -2.37. The predicted molar refractivity (Wildman–Crippen MR) is 153 cm³/mol. The summed E-state index contributed by atoms with van der Waals surface area (Å²) < 4.78 is 33.4. The first-order chi connectivity index (χ1) is 18.5. The van der Waals surface area contributed by atoms with Gasteiger partial charge in [-0.3, -0.25) is 0 Å². The standard InChI is InChI=1S/C33H35NO3S/c1-3-4-19-29-27-22-23(2)30-26-17-11-12-18-28(26)34(20-21-38(35,36)25-15-9-6-10-16-25)32(30)31(27)33(37-29)24-13-7-5-8-14-24/h5-18,23,30,32H,3-4,19-22H2,1-2H3/t23-,30-,32+/m1/s1. The van der Waals surface area contributed by atoms with E-state index in [0.717, 1.165) is 48.5 Å². The van der Waals surface area contributed by atoms with E-state index >= 15 is 0 Å². The summed E-state index contributed by atoms with van der Waals surface area (Å²) >= 11 is 0. The molecule has 4 aromatic rings. The third kappa shape index (κ3) is 4.27. The Kier molecular flexibility index (Phi) is 6.65. The molecule has 0 bridgehead atoms. The fourth-order valence-electron chi connectivity index (χ4n) is 6.58. The van der Waals surface area contributed by atoms with Crippen LogP contribution in [0.2, 0.25) is 0 Å². The summed E-state index contributed by atoms with van der Waals surface area (Å²) in [6.07, 6.45) is 4.13. The van der Waals surface area contributed by atoms with Gasteiger partial charge in [-0.2, -0.15) is 0 Å². The van der Waals surface area contributed by atoms with E-state index in [2.05, 4.69) is 67.3 Å². The number of hydrogen-bond acceptors (Lipinski definition) is 4. The number of sulfone groups is 1. The third-order valence-electron chi connectivity index (χ3n) is 8.34. The van der Waals surface area contributed by atoms with Crippen molar-refractivity contribution >= 4 is 15.5 Å². The number of furan rings is 1. The number of benzene rings is 3. The van der Waals surface area contributed by atoms with Crippen LogP contribution in [0.3, 0.4) is 0 Å². The average Bonchev–Trinajstić information content (AvgIpc) is 3.47. The molecule has 2 heterocycles. The van der Waals surface area contributed by atoms with Crippen molar-refractivity contribution in [1.29, 1.82) is 0 Å². The summed E-state index contributed by atoms with van der Waals surface area (Å²) in [7, 11) is -3.41. The molecule has 0 amide bonds. The highest BCUT2D eigenvalue weighted by Crippen LogP contribution is 2.59. The topological polar surface area (TPSA) is 50.5 Å². The zero-order chi connectivity index (χ0) is 26.3. The van der Waals surface area contributed by atoms with Crippen LogP contribution in [0.5, 0.6) is 0 Å². The number of hydrogen-bond donors (Lipinski definition) is 0. The molecule has 0 saturated carbocycles. The van der Waals surface area contributed by atoms with Gasteiger partial charge in [-0.25, -0.2) is 8.42 Å². The molecule has 1 aliphatic carbocycles. The van der Waals surface area contributed by atoms with E-state index in [9.17, 15) is 8.42 Å². The van der Waals surface area contributed by atoms with Gasteiger partial charge < -0.3 is 9.32 Å². The van der Waals surface area contributed by atoms with Crippen LogP contribution >= 0.6 is 0 Å². The van der Waals surface area contributed by atoms with Gasteiger partial charge in [0.15, 0.2) is 9.84 Å². The van der Waals surface area contributed by atoms with Crippen molar-refractivity contribution in [3.05, 3.63) is 107 Å². The quantitative estimate of drug-likeness (QED) is 0.238. The molecule has 1 aromatic heterocycles. The normalized spacial score (nSPS) is 20.2. The zero-order valence-electron chi connectivity index (χ0n) is 22.1. The first-order valence-electron chi connectivity index (χ1n) is 13.8. The second-order valence-electron chi connectivity index (χ2n) is 10.8. The van der Waals surface area contributed by atoms with Crippen molar-refractivity contribution in [2.75, 3.05) is 17.2 Å². The Morgan fingerprint density at radius 3 is 2.34 bits per heavy atom. The number of unbranched alkanes of at least 4 members (excludes halogenated alkanes) is 1. The fourth-order valence-corrected chi connectivity index (χ4v) is 7.82. The van der Waals surface area contributed by atoms with Crippen molar-refractivity contribution in [1.82, 2.24) is 0 Å². The number of fused-ring (bicyclic) bond motifs is 5. The molecule has 2 aliphatic rings. The molecule has 0 unspecified atom stereocenters. The van der Waals surface area contributed by atoms with E-state index in [-0.39, 0.29) is 17.7 Å². The number of rotatable bonds is 8. The van der Waals surface area contributed by atoms with E-state index in [1.165, 1.54) is 16.7 Å². The molecule has 3 aromatic carbocycles. The minimum Gasteiger partial charge on any atom is -0.460 e. The summed E-state index contributed by atoms with van der Waals surface area (Å²) in [5.41, 5.74) is 6.17. The second-order valence-corrected chi connectivity index (χ2v) is 12.9. The van der Waals surface area contributed by atoms with Crippen LogP contribution in [0.15, 0.2) is 94.2 Å². The molecule has 0 fully saturated rings. The first-order valence-corrected chi connectivity index (χ1v) is 15.5. The van der Waals surface area contributed by atoms with Crippen molar-refractivity contribution in [3.63, 3.8) is 0 Å². The monoisotopic (exact) mass is 525 g/mol. The van der Waals surface area contributed by atoms with Gasteiger partial charge in [0, 0.05) is 35.7 Å². The van der Waals surface area contributed by atoms with Crippen molar-refractivity contribution in [2.45, 2.75) is 56.4 Å². The fraction of sp³-hybridized carbons (Fsp3) is 0.333. The lowest BCUT2D eigenvalue weighted by atomic mass is 9.71. The molecule has 6 rings (SSSR count). The molecule has 196 valence electrons. The molecule has 0 saturated heterocycles. The summed E-state index contributed by atoms with van der Waals surface area (Å²) in [6.45, 7) is 5.00. The molecule has 0 spiro atoms. The van der Waals surface area contributed by atoms with E-state index in [4.69, 9.17) is 4.42 Å². The maximum atomic E-state index is 13.3. The smallest absolute Gasteiger partial charge is 0.180 e. The van der Waals surface area contributed by atoms with E-state index in [1.54, 1.807) is 24.3 Å². The lowest BCUT2D eigenvalue weighted by molar-refractivity contribution is 0.377. The van der Waals surface area contributed by atoms with Crippen LogP contribution in [-0.2, 0) is 22.7 Å². The summed E-state index contributed by atoms with van der Waals surface area (Å²) in [5.74, 6) is 2.85. The van der Waals surface area contributed by atoms with Gasteiger partial charge in [0.25, 0.3) is 0 Å². The third-order valence-corrected chi connectivity index (χ3v) is 10.1. The largest absolute Gasteiger partial charge is 0.460 e. The highest BCUT2D eigenvalue weighted by atomic mass is 32.2. The van der Waals surface area contributed by atoms with Gasteiger partial charge in [0.1, 0.15) is 11.5 Å². The molecule has 0 radical (unpaired) electrons. The van der Waals surface area contributed by atoms with Gasteiger partial charge in [-0.05, 0) is 48.1 Å². The van der Waals surface area contributed by atoms with Gasteiger partial charge in [-0.1, -0.05) is 87.0 Å². The summed E-state index contributed by atoms with van der Waals surface area (Å²) in [5, 5.41) is 0. The molecule has 3 atom stereocenters. The van der Waals surface area contributed by atoms with Crippen LogP contribution in [0.25, 0.3) is 11.3 Å². The molecular weight excluding hydrogens is 490 g/mol. The van der Waals surface area contributed by atoms with E-state index < -0.39 is 9.84 Å². The Morgan fingerprint density at radius 2 is 1.61 bits per heavy atom. The Labute approximate surface area is 226 Å². The van der Waals surface area contributed by atoms with Crippen LogP contribution in [0.1, 0.15) is 61.1 Å². The number of para-hydroxylation sites is 1. The second kappa shape index (κ2) is 10.1. The number of anilines is 1. The molecule has 1 aliphatic heterocycles. The summed E-state index contributed by atoms with van der Waals surface area (Å²) in [4.78, 5) is 2.75. The highest BCUT2D eigenvalue weighted by molar-refractivity contribution is 7.91. The maximum Gasteiger partial charge on any atom is 0.180 e. The van der Waals surface area contributed by atoms with Gasteiger partial charge in [0.2, 0.25) is 0 Å². The number of aryl methyl sites for hydroxylation is 1. The Balaban J connectivity index is 1.47. The minimum absolute atomic E-state index is 0.0476. The average molecular weight is 526 g/mol. The van der Waals surface area contributed by atoms with Crippen LogP contribution in [-0.4, -0.2) is 20.7 Å². The van der Waals surface area contributed by atoms with Crippen molar-refractivity contribution in [2.24, 2.45) is 5.92 Å². The molecule has 0 N–H and O–H groups in total. The van der Waals surface area contributed by atoms with Crippen LogP contribution in [0, 0.1) is 5.92 Å². The maximum absolute atomic E-state index is 13.3. The summed E-state index contributed by atoms with van der Waals surface area (Å²) in [6, 6.07) is 27.9. The minimum atomic E-state index is -3.41. The highest BCUT2D eigenvalue weighted by Gasteiger charge is 2.48.